The van der Waals surface area contributed by atoms with Crippen LogP contribution in [0.1, 0.15) is 12.5 Å². The standard InChI is InChI=1S/C15H15BrN2O3/c1-2-21-12-7-8-14(15(9-12)18(19)20)17-10-11-5-3-4-6-13(11)16/h3-9,17H,2,10H2,1H3. The molecule has 0 saturated heterocycles. The van der Waals surface area contributed by atoms with E-state index in [4.69, 9.17) is 4.74 Å². The van der Waals surface area contributed by atoms with Crippen LogP contribution in [-0.4, -0.2) is 11.5 Å². The molecule has 21 heavy (non-hydrogen) atoms. The summed E-state index contributed by atoms with van der Waals surface area (Å²) in [5.74, 6) is 0.496. The zero-order valence-corrected chi connectivity index (χ0v) is 13.1. The molecule has 0 fully saturated rings. The van der Waals surface area contributed by atoms with Crippen molar-refractivity contribution in [3.63, 3.8) is 0 Å². The monoisotopic (exact) mass is 350 g/mol. The van der Waals surface area contributed by atoms with Crippen LogP contribution in [0.3, 0.4) is 0 Å². The first kappa shape index (κ1) is 15.3. The first-order valence-corrected chi connectivity index (χ1v) is 7.29. The van der Waals surface area contributed by atoms with E-state index in [0.717, 1.165) is 10.0 Å². The molecule has 0 spiro atoms. The van der Waals surface area contributed by atoms with Gasteiger partial charge < -0.3 is 10.1 Å². The Morgan fingerprint density at radius 1 is 1.29 bits per heavy atom. The number of nitro groups is 1. The number of nitro benzene ring substituents is 1. The third-order valence-electron chi connectivity index (χ3n) is 2.90. The van der Waals surface area contributed by atoms with Crippen LogP contribution < -0.4 is 10.1 Å². The summed E-state index contributed by atoms with van der Waals surface area (Å²) in [6.45, 7) is 2.81. The van der Waals surface area contributed by atoms with Gasteiger partial charge in [0.2, 0.25) is 0 Å². The lowest BCUT2D eigenvalue weighted by atomic mass is 10.2. The van der Waals surface area contributed by atoms with Crippen LogP contribution in [-0.2, 0) is 6.54 Å². The lowest BCUT2D eigenvalue weighted by Crippen LogP contribution is -2.03. The predicted octanol–water partition coefficient (Wildman–Crippen LogP) is 4.37. The summed E-state index contributed by atoms with van der Waals surface area (Å²) < 4.78 is 6.26. The maximum Gasteiger partial charge on any atom is 0.296 e. The van der Waals surface area contributed by atoms with E-state index in [1.165, 1.54) is 6.07 Å². The number of halogens is 1. The molecule has 5 nitrogen and oxygen atoms in total. The van der Waals surface area contributed by atoms with Crippen molar-refractivity contribution < 1.29 is 9.66 Å². The molecule has 0 aliphatic rings. The van der Waals surface area contributed by atoms with E-state index in [1.807, 2.05) is 31.2 Å². The van der Waals surface area contributed by atoms with Gasteiger partial charge in [0.1, 0.15) is 11.4 Å². The van der Waals surface area contributed by atoms with Crippen LogP contribution >= 0.6 is 15.9 Å². The van der Waals surface area contributed by atoms with Crippen LogP contribution in [0.5, 0.6) is 5.75 Å². The van der Waals surface area contributed by atoms with Crippen molar-refractivity contribution in [1.82, 2.24) is 0 Å². The first-order chi connectivity index (χ1) is 10.1. The van der Waals surface area contributed by atoms with Gasteiger partial charge in [-0.2, -0.15) is 0 Å². The van der Waals surface area contributed by atoms with Gasteiger partial charge in [0, 0.05) is 11.0 Å². The van der Waals surface area contributed by atoms with Crippen LogP contribution in [0, 0.1) is 10.1 Å². The Morgan fingerprint density at radius 2 is 2.05 bits per heavy atom. The van der Waals surface area contributed by atoms with Crippen molar-refractivity contribution in [3.8, 4) is 5.75 Å². The van der Waals surface area contributed by atoms with Gasteiger partial charge in [-0.15, -0.1) is 0 Å². The number of benzene rings is 2. The Kier molecular flexibility index (Phi) is 5.16. The van der Waals surface area contributed by atoms with E-state index in [0.29, 0.717) is 24.6 Å². The Labute approximate surface area is 131 Å². The molecule has 0 aliphatic heterocycles. The van der Waals surface area contributed by atoms with Crippen molar-refractivity contribution in [2.24, 2.45) is 0 Å². The van der Waals surface area contributed by atoms with Crippen LogP contribution in [0.4, 0.5) is 11.4 Å². The summed E-state index contributed by atoms with van der Waals surface area (Å²) in [5.41, 5.74) is 1.51. The van der Waals surface area contributed by atoms with Crippen LogP contribution in [0.2, 0.25) is 0 Å². The summed E-state index contributed by atoms with van der Waals surface area (Å²) >= 11 is 3.46. The molecule has 6 heteroatoms. The molecule has 0 atom stereocenters. The zero-order valence-electron chi connectivity index (χ0n) is 11.5. The maximum absolute atomic E-state index is 11.2. The van der Waals surface area contributed by atoms with Crippen molar-refractivity contribution in [2.45, 2.75) is 13.5 Å². The number of hydrogen-bond acceptors (Lipinski definition) is 4. The van der Waals surface area contributed by atoms with E-state index in [-0.39, 0.29) is 5.69 Å². The Balaban J connectivity index is 2.19. The molecule has 0 aromatic heterocycles. The Hall–Kier alpha value is -2.08. The SMILES string of the molecule is CCOc1ccc(NCc2ccccc2Br)c([N+](=O)[O-])c1. The Morgan fingerprint density at radius 3 is 2.71 bits per heavy atom. The maximum atomic E-state index is 11.2. The third-order valence-corrected chi connectivity index (χ3v) is 3.68. The predicted molar refractivity (Wildman–Crippen MR) is 85.7 cm³/mol. The molecule has 0 aliphatic carbocycles. The van der Waals surface area contributed by atoms with E-state index in [1.54, 1.807) is 12.1 Å². The summed E-state index contributed by atoms with van der Waals surface area (Å²) in [7, 11) is 0. The smallest absolute Gasteiger partial charge is 0.296 e. The molecule has 0 unspecified atom stereocenters. The minimum Gasteiger partial charge on any atom is -0.494 e. The van der Waals surface area contributed by atoms with Gasteiger partial charge in [-0.1, -0.05) is 34.1 Å². The average Bonchev–Trinajstić information content (AvgIpc) is 2.47. The largest absolute Gasteiger partial charge is 0.494 e. The number of hydrogen-bond donors (Lipinski definition) is 1. The van der Waals surface area contributed by atoms with Gasteiger partial charge in [-0.05, 0) is 30.7 Å². The number of ether oxygens (including phenoxy) is 1. The second-order valence-electron chi connectivity index (χ2n) is 4.31. The van der Waals surface area contributed by atoms with Gasteiger partial charge in [0.05, 0.1) is 17.6 Å². The third kappa shape index (κ3) is 3.95. The Bertz CT molecular complexity index is 647. The second kappa shape index (κ2) is 7.08. The molecule has 110 valence electrons. The van der Waals surface area contributed by atoms with Crippen molar-refractivity contribution >= 4 is 27.3 Å². The molecule has 0 bridgehead atoms. The number of nitrogens with zero attached hydrogens (tertiary/aromatic N) is 1. The highest BCUT2D eigenvalue weighted by Crippen LogP contribution is 2.30. The molecule has 0 amide bonds. The van der Waals surface area contributed by atoms with E-state index in [9.17, 15) is 10.1 Å². The minimum atomic E-state index is -0.412. The second-order valence-corrected chi connectivity index (χ2v) is 5.17. The quantitative estimate of drug-likeness (QED) is 0.620. The van der Waals surface area contributed by atoms with E-state index < -0.39 is 4.92 Å². The molecule has 2 aromatic rings. The lowest BCUT2D eigenvalue weighted by Gasteiger charge is -2.10. The minimum absolute atomic E-state index is 0.00741. The summed E-state index contributed by atoms with van der Waals surface area (Å²) in [5, 5.41) is 14.3. The van der Waals surface area contributed by atoms with Crippen molar-refractivity contribution in [2.75, 3.05) is 11.9 Å². The molecule has 0 heterocycles. The highest BCUT2D eigenvalue weighted by Gasteiger charge is 2.15. The molecular formula is C15H15BrN2O3. The van der Waals surface area contributed by atoms with Crippen molar-refractivity contribution in [1.29, 1.82) is 0 Å². The van der Waals surface area contributed by atoms with Crippen LogP contribution in [0.15, 0.2) is 46.9 Å². The fourth-order valence-electron chi connectivity index (χ4n) is 1.90. The first-order valence-electron chi connectivity index (χ1n) is 6.50. The average molecular weight is 351 g/mol. The molecular weight excluding hydrogens is 336 g/mol. The summed E-state index contributed by atoms with van der Waals surface area (Å²) in [4.78, 5) is 10.7. The van der Waals surface area contributed by atoms with E-state index in [2.05, 4.69) is 21.2 Å². The number of anilines is 1. The molecule has 0 radical (unpaired) electrons. The topological polar surface area (TPSA) is 64.4 Å². The zero-order chi connectivity index (χ0) is 15.2. The van der Waals surface area contributed by atoms with Gasteiger partial charge in [0.25, 0.3) is 5.69 Å². The summed E-state index contributed by atoms with van der Waals surface area (Å²) in [6, 6.07) is 12.6. The van der Waals surface area contributed by atoms with Gasteiger partial charge >= 0.3 is 0 Å². The number of rotatable bonds is 6. The van der Waals surface area contributed by atoms with Crippen LogP contribution in [0.25, 0.3) is 0 Å². The van der Waals surface area contributed by atoms with Crippen molar-refractivity contribution in [3.05, 3.63) is 62.6 Å². The fourth-order valence-corrected chi connectivity index (χ4v) is 2.33. The van der Waals surface area contributed by atoms with Gasteiger partial charge in [-0.25, -0.2) is 0 Å². The summed E-state index contributed by atoms with van der Waals surface area (Å²) in [6.07, 6.45) is 0. The molecule has 1 N–H and O–H groups in total. The van der Waals surface area contributed by atoms with E-state index >= 15 is 0 Å². The molecule has 2 aromatic carbocycles. The van der Waals surface area contributed by atoms with Gasteiger partial charge in [-0.3, -0.25) is 10.1 Å². The fraction of sp³-hybridized carbons (Fsp3) is 0.200. The normalized spacial score (nSPS) is 10.2. The highest BCUT2D eigenvalue weighted by atomic mass is 79.9. The lowest BCUT2D eigenvalue weighted by molar-refractivity contribution is -0.384. The number of nitrogens with one attached hydrogen (secondary N) is 1. The molecule has 2 rings (SSSR count). The van der Waals surface area contributed by atoms with Gasteiger partial charge in [0.15, 0.2) is 0 Å². The highest BCUT2D eigenvalue weighted by molar-refractivity contribution is 9.10. The molecule has 0 saturated carbocycles.